The fourth-order valence-corrected chi connectivity index (χ4v) is 11.1. The molecule has 1 atom stereocenters. The fourth-order valence-electron chi connectivity index (χ4n) is 11.1. The number of allylic oxidation sites excluding steroid dienone is 4. The van der Waals surface area contributed by atoms with Gasteiger partial charge in [-0.1, -0.05) is 360 Å². The third-order valence-electron chi connectivity index (χ3n) is 16.5. The summed E-state index contributed by atoms with van der Waals surface area (Å²) in [4.78, 5) is 38.4. The second kappa shape index (κ2) is 68.4. The van der Waals surface area contributed by atoms with Crippen LogP contribution in [-0.2, 0) is 28.6 Å². The van der Waals surface area contributed by atoms with E-state index in [4.69, 9.17) is 14.2 Å². The van der Waals surface area contributed by atoms with Gasteiger partial charge in [-0.25, -0.2) is 0 Å². The lowest BCUT2D eigenvalue weighted by atomic mass is 10.0. The van der Waals surface area contributed by atoms with E-state index in [1.54, 1.807) is 0 Å². The lowest BCUT2D eigenvalue weighted by Crippen LogP contribution is -2.30. The van der Waals surface area contributed by atoms with Crippen LogP contribution in [0.2, 0.25) is 0 Å². The van der Waals surface area contributed by atoms with Gasteiger partial charge in [-0.05, 0) is 51.4 Å². The Morgan fingerprint density at radius 3 is 0.696 bits per heavy atom. The van der Waals surface area contributed by atoms with Crippen molar-refractivity contribution in [3.63, 3.8) is 0 Å². The van der Waals surface area contributed by atoms with Gasteiger partial charge in [0.15, 0.2) is 6.10 Å². The number of carbonyl (C=O) groups excluding carboxylic acids is 3. The van der Waals surface area contributed by atoms with Crippen LogP contribution >= 0.6 is 0 Å². The first-order chi connectivity index (χ1) is 39.0. The normalized spacial score (nSPS) is 12.1. The molecule has 0 aromatic rings. The SMILES string of the molecule is CCCCCCC/C=C\C/C=C\CCCCCCCCCCCCCCCCCC(=O)OCC(COC(=O)CCCCCCCCCCCCCCCCC)OC(=O)CCCCCCCCCCCCCCCCCCCCC. The predicted octanol–water partition coefficient (Wildman–Crippen LogP) is 24.6. The number of unbranched alkanes of at least 4 members (excludes halogenated alkanes) is 52. The number of ether oxygens (including phenoxy) is 3. The number of esters is 3. The van der Waals surface area contributed by atoms with Crippen LogP contribution in [0.15, 0.2) is 24.3 Å². The molecule has 6 heteroatoms. The van der Waals surface area contributed by atoms with Crippen LogP contribution in [0.3, 0.4) is 0 Å². The van der Waals surface area contributed by atoms with Crippen molar-refractivity contribution >= 4 is 17.9 Å². The Kier molecular flexibility index (Phi) is 66.6. The zero-order valence-electron chi connectivity index (χ0n) is 53.7. The Morgan fingerprint density at radius 1 is 0.253 bits per heavy atom. The summed E-state index contributed by atoms with van der Waals surface area (Å²) in [5.41, 5.74) is 0. The van der Waals surface area contributed by atoms with Crippen molar-refractivity contribution in [1.82, 2.24) is 0 Å². The summed E-state index contributed by atoms with van der Waals surface area (Å²) in [5.74, 6) is -0.828. The van der Waals surface area contributed by atoms with Crippen molar-refractivity contribution < 1.29 is 28.6 Å². The Hall–Kier alpha value is -2.11. The predicted molar refractivity (Wildman–Crippen MR) is 344 cm³/mol. The molecular weight excluding hydrogens is 973 g/mol. The summed E-state index contributed by atoms with van der Waals surface area (Å²) in [7, 11) is 0. The summed E-state index contributed by atoms with van der Waals surface area (Å²) in [6.45, 7) is 6.72. The molecule has 79 heavy (non-hydrogen) atoms. The Labute approximate surface area is 493 Å². The van der Waals surface area contributed by atoms with E-state index in [0.29, 0.717) is 19.3 Å². The Bertz CT molecular complexity index is 1270. The summed E-state index contributed by atoms with van der Waals surface area (Å²) in [5, 5.41) is 0. The van der Waals surface area contributed by atoms with Crippen LogP contribution in [0.5, 0.6) is 0 Å². The third-order valence-corrected chi connectivity index (χ3v) is 16.5. The maximum absolute atomic E-state index is 13.0. The standard InChI is InChI=1S/C73H138O6/c1-4-7-10-13-16-19-22-25-28-30-32-33-34-35-36-37-38-39-41-42-45-48-51-54-57-60-63-66-72(75)78-69-70(68-77-71(74)65-62-59-56-53-50-47-44-27-24-21-18-15-12-9-6-3)79-73(76)67-64-61-58-55-52-49-46-43-40-31-29-26-23-20-17-14-11-8-5-2/h22,25,30,32,70H,4-21,23-24,26-29,31,33-69H2,1-3H3/b25-22-,32-30-. The van der Waals surface area contributed by atoms with Gasteiger partial charge in [0.1, 0.15) is 13.2 Å². The molecule has 0 saturated carbocycles. The molecule has 0 N–H and O–H groups in total. The van der Waals surface area contributed by atoms with Gasteiger partial charge in [0.2, 0.25) is 0 Å². The van der Waals surface area contributed by atoms with Gasteiger partial charge in [0, 0.05) is 19.3 Å². The molecule has 0 radical (unpaired) electrons. The average Bonchev–Trinajstić information content (AvgIpc) is 3.45. The zero-order valence-corrected chi connectivity index (χ0v) is 53.7. The molecule has 0 aliphatic carbocycles. The van der Waals surface area contributed by atoms with Crippen LogP contribution in [0.1, 0.15) is 406 Å². The van der Waals surface area contributed by atoms with Crippen LogP contribution in [-0.4, -0.2) is 37.2 Å². The molecule has 466 valence electrons. The van der Waals surface area contributed by atoms with Crippen LogP contribution in [0, 0.1) is 0 Å². The number of rotatable bonds is 67. The van der Waals surface area contributed by atoms with Crippen molar-refractivity contribution in [3.8, 4) is 0 Å². The van der Waals surface area contributed by atoms with Gasteiger partial charge < -0.3 is 14.2 Å². The van der Waals surface area contributed by atoms with E-state index in [1.165, 1.54) is 302 Å². The highest BCUT2D eigenvalue weighted by Gasteiger charge is 2.19. The third kappa shape index (κ3) is 66.6. The van der Waals surface area contributed by atoms with E-state index < -0.39 is 6.10 Å². The monoisotopic (exact) mass is 1110 g/mol. The first kappa shape index (κ1) is 76.9. The molecule has 0 aromatic carbocycles. The molecule has 0 aromatic heterocycles. The minimum Gasteiger partial charge on any atom is -0.462 e. The molecular formula is C73H138O6. The number of hydrogen-bond donors (Lipinski definition) is 0. The van der Waals surface area contributed by atoms with Crippen LogP contribution in [0.4, 0.5) is 0 Å². The minimum absolute atomic E-state index is 0.0634. The quantitative estimate of drug-likeness (QED) is 0.0261. The van der Waals surface area contributed by atoms with Crippen molar-refractivity contribution in [3.05, 3.63) is 24.3 Å². The van der Waals surface area contributed by atoms with E-state index in [2.05, 4.69) is 45.1 Å². The Morgan fingerprint density at radius 2 is 0.456 bits per heavy atom. The largest absolute Gasteiger partial charge is 0.462 e. The van der Waals surface area contributed by atoms with E-state index >= 15 is 0 Å². The van der Waals surface area contributed by atoms with E-state index in [9.17, 15) is 14.4 Å². The molecule has 6 nitrogen and oxygen atoms in total. The van der Waals surface area contributed by atoms with Crippen LogP contribution in [0.25, 0.3) is 0 Å². The molecule has 0 aliphatic heterocycles. The lowest BCUT2D eigenvalue weighted by molar-refractivity contribution is -0.167. The molecule has 0 saturated heterocycles. The second-order valence-corrected chi connectivity index (χ2v) is 24.5. The summed E-state index contributed by atoms with van der Waals surface area (Å²) in [6, 6.07) is 0. The highest BCUT2D eigenvalue weighted by molar-refractivity contribution is 5.71. The van der Waals surface area contributed by atoms with Crippen molar-refractivity contribution in [2.24, 2.45) is 0 Å². The highest BCUT2D eigenvalue weighted by Crippen LogP contribution is 2.19. The molecule has 0 fully saturated rings. The molecule has 0 bridgehead atoms. The molecule has 0 heterocycles. The van der Waals surface area contributed by atoms with E-state index in [1.807, 2.05) is 0 Å². The highest BCUT2D eigenvalue weighted by atomic mass is 16.6. The first-order valence-electron chi connectivity index (χ1n) is 35.8. The molecule has 0 spiro atoms. The van der Waals surface area contributed by atoms with Crippen molar-refractivity contribution in [1.29, 1.82) is 0 Å². The van der Waals surface area contributed by atoms with Crippen molar-refractivity contribution in [2.75, 3.05) is 13.2 Å². The van der Waals surface area contributed by atoms with Gasteiger partial charge in [-0.3, -0.25) is 14.4 Å². The van der Waals surface area contributed by atoms with Gasteiger partial charge in [0.05, 0.1) is 0 Å². The first-order valence-corrected chi connectivity index (χ1v) is 35.8. The molecule has 0 rings (SSSR count). The zero-order chi connectivity index (χ0) is 57.1. The second-order valence-electron chi connectivity index (χ2n) is 24.5. The maximum Gasteiger partial charge on any atom is 0.306 e. The van der Waals surface area contributed by atoms with Crippen LogP contribution < -0.4 is 0 Å². The fraction of sp³-hybridized carbons (Fsp3) is 0.904. The van der Waals surface area contributed by atoms with Gasteiger partial charge >= 0.3 is 17.9 Å². The van der Waals surface area contributed by atoms with Gasteiger partial charge in [-0.15, -0.1) is 0 Å². The topological polar surface area (TPSA) is 78.9 Å². The van der Waals surface area contributed by atoms with E-state index in [0.717, 1.165) is 64.2 Å². The summed E-state index contributed by atoms with van der Waals surface area (Å²) < 4.78 is 17.0. The van der Waals surface area contributed by atoms with Gasteiger partial charge in [0.25, 0.3) is 0 Å². The van der Waals surface area contributed by atoms with Crippen molar-refractivity contribution in [2.45, 2.75) is 412 Å². The molecule has 0 aliphatic rings. The molecule has 1 unspecified atom stereocenters. The smallest absolute Gasteiger partial charge is 0.306 e. The number of hydrogen-bond acceptors (Lipinski definition) is 6. The average molecular weight is 1110 g/mol. The summed E-state index contributed by atoms with van der Waals surface area (Å²) >= 11 is 0. The minimum atomic E-state index is -0.767. The summed E-state index contributed by atoms with van der Waals surface area (Å²) in [6.07, 6.45) is 83.5. The molecule has 0 amide bonds. The number of carbonyl (C=O) groups is 3. The Balaban J connectivity index is 4.22. The van der Waals surface area contributed by atoms with Gasteiger partial charge in [-0.2, -0.15) is 0 Å². The van der Waals surface area contributed by atoms with E-state index in [-0.39, 0.29) is 31.1 Å². The lowest BCUT2D eigenvalue weighted by Gasteiger charge is -2.18. The maximum atomic E-state index is 13.0.